The Kier molecular flexibility index (Phi) is 5.53. The zero-order chi connectivity index (χ0) is 21.1. The number of hydrogen-bond donors (Lipinski definition) is 1. The van der Waals surface area contributed by atoms with Gasteiger partial charge in [0.1, 0.15) is 0 Å². The van der Waals surface area contributed by atoms with Gasteiger partial charge in [-0.3, -0.25) is 0 Å². The number of ether oxygens (including phenoxy) is 1. The van der Waals surface area contributed by atoms with Gasteiger partial charge in [-0.25, -0.2) is 9.59 Å². The highest BCUT2D eigenvalue weighted by atomic mass is 16.5. The summed E-state index contributed by atoms with van der Waals surface area (Å²) < 4.78 is 4.85. The van der Waals surface area contributed by atoms with Crippen molar-refractivity contribution in [3.63, 3.8) is 0 Å². The molecule has 152 valence electrons. The molecule has 0 saturated heterocycles. The Morgan fingerprint density at radius 1 is 0.967 bits per heavy atom. The lowest BCUT2D eigenvalue weighted by atomic mass is 9.88. The predicted octanol–water partition coefficient (Wildman–Crippen LogP) is 4.96. The standard InChI is InChI=1S/C25H24N2O3/c1-17-11-13-19(14-12-17)23-20-8-4-3-7-18(20)15-16-27(23)25(29)26-22-10-6-5-9-21(22)24(28)30-2/h3-14,23H,15-16H2,1-2H3,(H,26,29)/t23-/m0/s1. The molecule has 0 bridgehead atoms. The van der Waals surface area contributed by atoms with E-state index in [2.05, 4.69) is 41.7 Å². The van der Waals surface area contributed by atoms with E-state index < -0.39 is 5.97 Å². The maximum atomic E-state index is 13.4. The number of fused-ring (bicyclic) bond motifs is 1. The van der Waals surface area contributed by atoms with Crippen molar-refractivity contribution in [1.29, 1.82) is 0 Å². The second-order valence-electron chi connectivity index (χ2n) is 7.42. The smallest absolute Gasteiger partial charge is 0.339 e. The molecule has 5 nitrogen and oxygen atoms in total. The lowest BCUT2D eigenvalue weighted by Crippen LogP contribution is -2.43. The van der Waals surface area contributed by atoms with Gasteiger partial charge >= 0.3 is 12.0 Å². The Hall–Kier alpha value is -3.60. The number of esters is 1. The van der Waals surface area contributed by atoms with Gasteiger partial charge in [-0.05, 0) is 42.2 Å². The van der Waals surface area contributed by atoms with Crippen LogP contribution in [0.2, 0.25) is 0 Å². The molecule has 2 amide bonds. The SMILES string of the molecule is COC(=O)c1ccccc1NC(=O)N1CCc2ccccc2[C@@H]1c1ccc(C)cc1. The molecule has 30 heavy (non-hydrogen) atoms. The normalized spacial score (nSPS) is 15.3. The van der Waals surface area contributed by atoms with Gasteiger partial charge in [-0.1, -0.05) is 66.2 Å². The van der Waals surface area contributed by atoms with E-state index in [-0.39, 0.29) is 12.1 Å². The molecule has 3 aromatic carbocycles. The number of amides is 2. The average molecular weight is 400 g/mol. The fourth-order valence-corrected chi connectivity index (χ4v) is 3.96. The highest BCUT2D eigenvalue weighted by Crippen LogP contribution is 2.35. The van der Waals surface area contributed by atoms with E-state index in [1.807, 2.05) is 24.0 Å². The van der Waals surface area contributed by atoms with Crippen LogP contribution in [0, 0.1) is 6.92 Å². The topological polar surface area (TPSA) is 58.6 Å². The molecule has 1 aliphatic heterocycles. The summed E-state index contributed by atoms with van der Waals surface area (Å²) in [6.07, 6.45) is 0.782. The summed E-state index contributed by atoms with van der Waals surface area (Å²) in [6, 6.07) is 23.0. The van der Waals surface area contributed by atoms with E-state index in [0.29, 0.717) is 17.8 Å². The summed E-state index contributed by atoms with van der Waals surface area (Å²) in [5, 5.41) is 2.92. The van der Waals surface area contributed by atoms with Crippen LogP contribution in [0.4, 0.5) is 10.5 Å². The van der Waals surface area contributed by atoms with Gasteiger partial charge in [-0.15, -0.1) is 0 Å². The van der Waals surface area contributed by atoms with Crippen molar-refractivity contribution in [2.24, 2.45) is 0 Å². The molecule has 1 N–H and O–H groups in total. The second-order valence-corrected chi connectivity index (χ2v) is 7.42. The van der Waals surface area contributed by atoms with Crippen molar-refractivity contribution in [3.05, 3.63) is 101 Å². The molecule has 4 rings (SSSR count). The van der Waals surface area contributed by atoms with Gasteiger partial charge in [0.15, 0.2) is 0 Å². The van der Waals surface area contributed by atoms with Crippen molar-refractivity contribution >= 4 is 17.7 Å². The molecule has 1 aliphatic rings. The Balaban J connectivity index is 1.70. The number of anilines is 1. The van der Waals surface area contributed by atoms with Crippen LogP contribution in [-0.4, -0.2) is 30.6 Å². The average Bonchev–Trinajstić information content (AvgIpc) is 2.78. The number of methoxy groups -OCH3 is 1. The van der Waals surface area contributed by atoms with Crippen LogP contribution in [0.3, 0.4) is 0 Å². The summed E-state index contributed by atoms with van der Waals surface area (Å²) in [5.74, 6) is -0.482. The number of para-hydroxylation sites is 1. The Morgan fingerprint density at radius 2 is 1.67 bits per heavy atom. The first kappa shape index (κ1) is 19.7. The number of urea groups is 1. The first-order valence-corrected chi connectivity index (χ1v) is 9.98. The minimum absolute atomic E-state index is 0.194. The number of aryl methyl sites for hydroxylation is 1. The van der Waals surface area contributed by atoms with Crippen LogP contribution in [0.25, 0.3) is 0 Å². The number of benzene rings is 3. The first-order valence-electron chi connectivity index (χ1n) is 9.98. The lowest BCUT2D eigenvalue weighted by molar-refractivity contribution is 0.0602. The molecular weight excluding hydrogens is 376 g/mol. The Morgan fingerprint density at radius 3 is 2.43 bits per heavy atom. The molecule has 1 heterocycles. The van der Waals surface area contributed by atoms with E-state index in [1.54, 1.807) is 24.3 Å². The summed E-state index contributed by atoms with van der Waals surface area (Å²) in [4.78, 5) is 27.3. The molecule has 3 aromatic rings. The third-order valence-corrected chi connectivity index (χ3v) is 5.51. The largest absolute Gasteiger partial charge is 0.465 e. The summed E-state index contributed by atoms with van der Waals surface area (Å²) >= 11 is 0. The van der Waals surface area contributed by atoms with Crippen LogP contribution in [0.1, 0.15) is 38.7 Å². The fraction of sp³-hybridized carbons (Fsp3) is 0.200. The highest BCUT2D eigenvalue weighted by Gasteiger charge is 2.32. The van der Waals surface area contributed by atoms with Gasteiger partial charge in [0.2, 0.25) is 0 Å². The monoisotopic (exact) mass is 400 g/mol. The minimum atomic E-state index is -0.482. The van der Waals surface area contributed by atoms with Crippen molar-refractivity contribution in [3.8, 4) is 0 Å². The number of nitrogens with one attached hydrogen (secondary N) is 1. The van der Waals surface area contributed by atoms with Gasteiger partial charge in [0.25, 0.3) is 0 Å². The van der Waals surface area contributed by atoms with Crippen molar-refractivity contribution < 1.29 is 14.3 Å². The molecule has 0 fully saturated rings. The molecule has 0 aliphatic carbocycles. The van der Waals surface area contributed by atoms with Crippen molar-refractivity contribution in [1.82, 2.24) is 4.90 Å². The number of carbonyl (C=O) groups is 2. The third-order valence-electron chi connectivity index (χ3n) is 5.51. The number of carbonyl (C=O) groups excluding carboxylic acids is 2. The maximum absolute atomic E-state index is 13.4. The van der Waals surface area contributed by atoms with Crippen LogP contribution in [0.5, 0.6) is 0 Å². The second kappa shape index (κ2) is 8.41. The van der Waals surface area contributed by atoms with E-state index in [0.717, 1.165) is 17.5 Å². The summed E-state index contributed by atoms with van der Waals surface area (Å²) in [6.45, 7) is 2.63. The van der Waals surface area contributed by atoms with E-state index in [4.69, 9.17) is 4.74 Å². The Labute approximate surface area is 176 Å². The van der Waals surface area contributed by atoms with Crippen molar-refractivity contribution in [2.75, 3.05) is 19.0 Å². The first-order chi connectivity index (χ1) is 14.6. The van der Waals surface area contributed by atoms with E-state index in [9.17, 15) is 9.59 Å². The number of nitrogens with zero attached hydrogens (tertiary/aromatic N) is 1. The van der Waals surface area contributed by atoms with E-state index >= 15 is 0 Å². The predicted molar refractivity (Wildman–Crippen MR) is 117 cm³/mol. The van der Waals surface area contributed by atoms with Crippen LogP contribution < -0.4 is 5.32 Å². The molecule has 0 saturated carbocycles. The number of hydrogen-bond acceptors (Lipinski definition) is 3. The van der Waals surface area contributed by atoms with Crippen LogP contribution in [0.15, 0.2) is 72.8 Å². The Bertz CT molecular complexity index is 1080. The van der Waals surface area contributed by atoms with Gasteiger partial charge in [-0.2, -0.15) is 0 Å². The van der Waals surface area contributed by atoms with Gasteiger partial charge in [0, 0.05) is 6.54 Å². The zero-order valence-corrected chi connectivity index (χ0v) is 17.1. The highest BCUT2D eigenvalue weighted by molar-refractivity contribution is 6.01. The molecular formula is C25H24N2O3. The molecule has 0 aromatic heterocycles. The van der Waals surface area contributed by atoms with Crippen LogP contribution >= 0.6 is 0 Å². The fourth-order valence-electron chi connectivity index (χ4n) is 3.96. The summed E-state index contributed by atoms with van der Waals surface area (Å²) in [5.41, 5.74) is 5.38. The third kappa shape index (κ3) is 3.79. The van der Waals surface area contributed by atoms with Gasteiger partial charge in [0.05, 0.1) is 24.4 Å². The van der Waals surface area contributed by atoms with Crippen LogP contribution in [-0.2, 0) is 11.2 Å². The lowest BCUT2D eigenvalue weighted by Gasteiger charge is -2.37. The quantitative estimate of drug-likeness (QED) is 0.632. The molecule has 0 unspecified atom stereocenters. The van der Waals surface area contributed by atoms with Crippen molar-refractivity contribution in [2.45, 2.75) is 19.4 Å². The molecule has 5 heteroatoms. The summed E-state index contributed by atoms with van der Waals surface area (Å²) in [7, 11) is 1.33. The number of rotatable bonds is 3. The minimum Gasteiger partial charge on any atom is -0.465 e. The molecule has 1 atom stereocenters. The maximum Gasteiger partial charge on any atom is 0.339 e. The molecule has 0 spiro atoms. The molecule has 0 radical (unpaired) electrons. The van der Waals surface area contributed by atoms with E-state index in [1.165, 1.54) is 18.2 Å². The van der Waals surface area contributed by atoms with Gasteiger partial charge < -0.3 is 15.0 Å². The zero-order valence-electron chi connectivity index (χ0n) is 17.1.